The van der Waals surface area contributed by atoms with E-state index in [-0.39, 0.29) is 0 Å². The fourth-order valence-electron chi connectivity index (χ4n) is 3.39. The molecule has 0 atom stereocenters. The topological polar surface area (TPSA) is 12.5 Å². The molecule has 0 saturated carbocycles. The predicted octanol–water partition coefficient (Wildman–Crippen LogP) is 5.24. The number of ether oxygens (including phenoxy) is 1. The van der Waals surface area contributed by atoms with E-state index in [1.165, 1.54) is 75.7 Å². The second-order valence-corrected chi connectivity index (χ2v) is 6.90. The van der Waals surface area contributed by atoms with Gasteiger partial charge >= 0.3 is 0 Å². The molecule has 1 fully saturated rings. The fraction of sp³-hybridized carbons (Fsp3) is 0.714. The van der Waals surface area contributed by atoms with Crippen LogP contribution in [0.4, 0.5) is 0 Å². The van der Waals surface area contributed by atoms with Gasteiger partial charge in [0.15, 0.2) is 0 Å². The van der Waals surface area contributed by atoms with Gasteiger partial charge in [0.2, 0.25) is 0 Å². The van der Waals surface area contributed by atoms with Crippen molar-refractivity contribution in [3.8, 4) is 5.75 Å². The molecule has 0 unspecified atom stereocenters. The third-order valence-corrected chi connectivity index (χ3v) is 4.84. The lowest BCUT2D eigenvalue weighted by atomic mass is 10.0. The lowest BCUT2D eigenvalue weighted by molar-refractivity contribution is 0.226. The average molecular weight is 318 g/mol. The zero-order valence-corrected chi connectivity index (χ0v) is 15.3. The summed E-state index contributed by atoms with van der Waals surface area (Å²) in [6, 6.07) is 6.86. The van der Waals surface area contributed by atoms with E-state index in [0.29, 0.717) is 0 Å². The molecular formula is C21H35NO. The minimum Gasteiger partial charge on any atom is -0.494 e. The quantitative estimate of drug-likeness (QED) is 0.547. The molecule has 2 nitrogen and oxygen atoms in total. The third-order valence-electron chi connectivity index (χ3n) is 4.84. The van der Waals surface area contributed by atoms with Gasteiger partial charge in [-0.05, 0) is 81.4 Å². The van der Waals surface area contributed by atoms with Gasteiger partial charge < -0.3 is 9.64 Å². The normalized spacial score (nSPS) is 15.7. The van der Waals surface area contributed by atoms with Crippen LogP contribution in [0.15, 0.2) is 18.2 Å². The molecule has 1 aliphatic rings. The maximum atomic E-state index is 5.98. The van der Waals surface area contributed by atoms with Crippen LogP contribution in [0.3, 0.4) is 0 Å². The van der Waals surface area contributed by atoms with Crippen LogP contribution >= 0.6 is 0 Å². The minimum absolute atomic E-state index is 0.855. The van der Waals surface area contributed by atoms with Crippen LogP contribution in [0.5, 0.6) is 5.75 Å². The number of hydrogen-bond donors (Lipinski definition) is 0. The van der Waals surface area contributed by atoms with E-state index in [9.17, 15) is 0 Å². The Morgan fingerprint density at radius 3 is 2.43 bits per heavy atom. The van der Waals surface area contributed by atoms with Crippen molar-refractivity contribution >= 4 is 0 Å². The highest BCUT2D eigenvalue weighted by atomic mass is 16.5. The van der Waals surface area contributed by atoms with E-state index in [1.807, 2.05) is 0 Å². The summed E-state index contributed by atoms with van der Waals surface area (Å²) >= 11 is 0. The van der Waals surface area contributed by atoms with Crippen LogP contribution in [0.25, 0.3) is 0 Å². The number of benzene rings is 1. The van der Waals surface area contributed by atoms with Crippen LogP contribution < -0.4 is 4.74 Å². The summed E-state index contributed by atoms with van der Waals surface area (Å²) in [5.41, 5.74) is 2.86. The molecule has 1 aromatic rings. The first-order valence-electron chi connectivity index (χ1n) is 9.79. The van der Waals surface area contributed by atoms with Gasteiger partial charge in [-0.25, -0.2) is 0 Å². The minimum atomic E-state index is 0.855. The number of hydrogen-bond acceptors (Lipinski definition) is 2. The molecule has 0 spiro atoms. The van der Waals surface area contributed by atoms with Crippen molar-refractivity contribution in [1.29, 1.82) is 0 Å². The number of piperidine rings is 1. The maximum absolute atomic E-state index is 5.98. The first-order valence-corrected chi connectivity index (χ1v) is 9.79. The number of rotatable bonds is 10. The van der Waals surface area contributed by atoms with Crippen molar-refractivity contribution in [3.05, 3.63) is 29.3 Å². The van der Waals surface area contributed by atoms with E-state index in [0.717, 1.165) is 25.2 Å². The molecule has 1 saturated heterocycles. The molecule has 0 N–H and O–H groups in total. The smallest absolute Gasteiger partial charge is 0.119 e. The van der Waals surface area contributed by atoms with Crippen molar-refractivity contribution in [2.24, 2.45) is 0 Å². The Morgan fingerprint density at radius 2 is 1.70 bits per heavy atom. The summed E-state index contributed by atoms with van der Waals surface area (Å²) < 4.78 is 5.98. The second-order valence-electron chi connectivity index (χ2n) is 6.90. The van der Waals surface area contributed by atoms with E-state index in [4.69, 9.17) is 4.74 Å². The Labute approximate surface area is 143 Å². The van der Waals surface area contributed by atoms with E-state index < -0.39 is 0 Å². The lowest BCUT2D eigenvalue weighted by Crippen LogP contribution is -2.30. The van der Waals surface area contributed by atoms with Crippen molar-refractivity contribution in [1.82, 2.24) is 4.90 Å². The summed E-state index contributed by atoms with van der Waals surface area (Å²) in [5.74, 6) is 1.08. The monoisotopic (exact) mass is 317 g/mol. The zero-order chi connectivity index (χ0) is 16.3. The molecule has 1 aliphatic heterocycles. The molecule has 1 heterocycles. The number of nitrogens with zero attached hydrogens (tertiary/aromatic N) is 1. The van der Waals surface area contributed by atoms with Gasteiger partial charge in [-0.15, -0.1) is 0 Å². The van der Waals surface area contributed by atoms with Gasteiger partial charge in [-0.2, -0.15) is 0 Å². The predicted molar refractivity (Wildman–Crippen MR) is 99.5 cm³/mol. The molecule has 0 amide bonds. The number of likely N-dealkylation sites (tertiary alicyclic amines) is 1. The second kappa shape index (κ2) is 10.7. The standard InChI is InChI=1S/C21H35NO/c1-3-5-9-15-23-21-17-19(4-2)16-20(18-21)11-10-14-22-12-7-6-8-13-22/h16-18H,3-15H2,1-2H3. The molecule has 23 heavy (non-hydrogen) atoms. The summed E-state index contributed by atoms with van der Waals surface area (Å²) in [6.07, 6.45) is 11.4. The third kappa shape index (κ3) is 6.95. The molecule has 0 aliphatic carbocycles. The van der Waals surface area contributed by atoms with E-state index in [2.05, 4.69) is 36.9 Å². The van der Waals surface area contributed by atoms with Gasteiger partial charge in [-0.1, -0.05) is 39.2 Å². The van der Waals surface area contributed by atoms with Gasteiger partial charge in [0.05, 0.1) is 6.61 Å². The molecule has 0 bridgehead atoms. The number of unbranched alkanes of at least 4 members (excludes halogenated alkanes) is 2. The number of aryl methyl sites for hydroxylation is 2. The Kier molecular flexibility index (Phi) is 8.52. The summed E-state index contributed by atoms with van der Waals surface area (Å²) in [6.45, 7) is 9.19. The van der Waals surface area contributed by atoms with Crippen molar-refractivity contribution < 1.29 is 4.74 Å². The summed E-state index contributed by atoms with van der Waals surface area (Å²) in [4.78, 5) is 2.63. The Morgan fingerprint density at radius 1 is 0.913 bits per heavy atom. The van der Waals surface area contributed by atoms with Crippen LogP contribution in [0.1, 0.15) is 69.9 Å². The van der Waals surface area contributed by atoms with Crippen LogP contribution in [0, 0.1) is 0 Å². The van der Waals surface area contributed by atoms with Crippen LogP contribution in [0.2, 0.25) is 0 Å². The van der Waals surface area contributed by atoms with Crippen LogP contribution in [-0.2, 0) is 12.8 Å². The highest BCUT2D eigenvalue weighted by molar-refractivity contribution is 5.34. The molecule has 1 aromatic carbocycles. The largest absolute Gasteiger partial charge is 0.494 e. The highest BCUT2D eigenvalue weighted by Gasteiger charge is 2.09. The van der Waals surface area contributed by atoms with E-state index in [1.54, 1.807) is 0 Å². The van der Waals surface area contributed by atoms with Gasteiger partial charge in [0, 0.05) is 0 Å². The Hall–Kier alpha value is -1.02. The molecule has 0 aromatic heterocycles. The summed E-state index contributed by atoms with van der Waals surface area (Å²) in [7, 11) is 0. The Bertz CT molecular complexity index is 437. The first kappa shape index (κ1) is 18.3. The molecule has 0 radical (unpaired) electrons. The molecular weight excluding hydrogens is 282 g/mol. The highest BCUT2D eigenvalue weighted by Crippen LogP contribution is 2.20. The SMILES string of the molecule is CCCCCOc1cc(CC)cc(CCCN2CCCCC2)c1. The van der Waals surface area contributed by atoms with Gasteiger partial charge in [0.1, 0.15) is 5.75 Å². The molecule has 2 heteroatoms. The van der Waals surface area contributed by atoms with Crippen LogP contribution in [-0.4, -0.2) is 31.1 Å². The molecule has 130 valence electrons. The van der Waals surface area contributed by atoms with Crippen molar-refractivity contribution in [2.45, 2.75) is 71.6 Å². The first-order chi connectivity index (χ1) is 11.3. The average Bonchev–Trinajstić information content (AvgIpc) is 2.59. The molecule has 2 rings (SSSR count). The van der Waals surface area contributed by atoms with Crippen molar-refractivity contribution in [3.63, 3.8) is 0 Å². The lowest BCUT2D eigenvalue weighted by Gasteiger charge is -2.26. The maximum Gasteiger partial charge on any atom is 0.119 e. The van der Waals surface area contributed by atoms with Gasteiger partial charge in [-0.3, -0.25) is 0 Å². The Balaban J connectivity index is 1.81. The summed E-state index contributed by atoms with van der Waals surface area (Å²) in [5, 5.41) is 0. The van der Waals surface area contributed by atoms with Gasteiger partial charge in [0.25, 0.3) is 0 Å². The fourth-order valence-corrected chi connectivity index (χ4v) is 3.39. The van der Waals surface area contributed by atoms with E-state index >= 15 is 0 Å². The van der Waals surface area contributed by atoms with Crippen molar-refractivity contribution in [2.75, 3.05) is 26.2 Å². The zero-order valence-electron chi connectivity index (χ0n) is 15.3.